The molecule has 0 aliphatic carbocycles. The molecule has 0 saturated heterocycles. The van der Waals surface area contributed by atoms with Gasteiger partial charge in [0.25, 0.3) is 0 Å². The van der Waals surface area contributed by atoms with Crippen molar-refractivity contribution in [2.45, 2.75) is 39.0 Å². The number of hydrogen-bond acceptors (Lipinski definition) is 2. The normalized spacial score (nSPS) is 13.6. The fraction of sp³-hybridized carbons (Fsp3) is 0.400. The van der Waals surface area contributed by atoms with Crippen molar-refractivity contribution in [2.75, 3.05) is 0 Å². The van der Waals surface area contributed by atoms with Crippen molar-refractivity contribution in [1.29, 1.82) is 0 Å². The average Bonchev–Trinajstić information content (AvgIpc) is 2.78. The van der Waals surface area contributed by atoms with Gasteiger partial charge in [-0.15, -0.1) is 11.3 Å². The van der Waals surface area contributed by atoms with E-state index < -0.39 is 0 Å². The Labute approximate surface area is 108 Å². The molecule has 0 amide bonds. The number of rotatable bonds is 2. The molecule has 1 nitrogen and oxygen atoms in total. The monoisotopic (exact) mass is 245 g/mol. The standard InChI is InChI=1S/C15H19NS/c1-11(12-8-6-5-7-9-12)13-10-16-14(17-13)15(2,3)4/h5-11H,1-4H3. The molecule has 2 aromatic rings. The summed E-state index contributed by atoms with van der Waals surface area (Å²) in [5.74, 6) is 0.435. The van der Waals surface area contributed by atoms with Crippen molar-refractivity contribution in [3.05, 3.63) is 52.0 Å². The SMILES string of the molecule is CC(c1ccccc1)c1cnc(C(C)(C)C)s1. The Kier molecular flexibility index (Phi) is 3.34. The Morgan fingerprint density at radius 2 is 1.76 bits per heavy atom. The first-order chi connectivity index (χ1) is 7.98. The molecular weight excluding hydrogens is 226 g/mol. The van der Waals surface area contributed by atoms with E-state index in [2.05, 4.69) is 63.0 Å². The third-order valence-corrected chi connectivity index (χ3v) is 4.50. The molecule has 1 heterocycles. The molecule has 2 rings (SSSR count). The van der Waals surface area contributed by atoms with Crippen molar-refractivity contribution in [3.8, 4) is 0 Å². The lowest BCUT2D eigenvalue weighted by molar-refractivity contribution is 0.585. The summed E-state index contributed by atoms with van der Waals surface area (Å²) in [6.07, 6.45) is 2.03. The Morgan fingerprint density at radius 3 is 2.29 bits per heavy atom. The minimum Gasteiger partial charge on any atom is -0.249 e. The van der Waals surface area contributed by atoms with Crippen molar-refractivity contribution in [3.63, 3.8) is 0 Å². The van der Waals surface area contributed by atoms with Gasteiger partial charge in [-0.25, -0.2) is 4.98 Å². The molecule has 0 spiro atoms. The smallest absolute Gasteiger partial charge is 0.0981 e. The van der Waals surface area contributed by atoms with Gasteiger partial charge in [0.05, 0.1) is 5.01 Å². The quantitative estimate of drug-likeness (QED) is 0.754. The summed E-state index contributed by atoms with van der Waals surface area (Å²) >= 11 is 1.83. The van der Waals surface area contributed by atoms with E-state index in [-0.39, 0.29) is 5.41 Å². The van der Waals surface area contributed by atoms with Crippen LogP contribution < -0.4 is 0 Å². The van der Waals surface area contributed by atoms with E-state index in [9.17, 15) is 0 Å². The molecule has 0 bridgehead atoms. The van der Waals surface area contributed by atoms with E-state index in [0.717, 1.165) is 0 Å². The minimum absolute atomic E-state index is 0.152. The molecular formula is C15H19NS. The summed E-state index contributed by atoms with van der Waals surface area (Å²) in [5.41, 5.74) is 1.51. The molecule has 17 heavy (non-hydrogen) atoms. The van der Waals surface area contributed by atoms with Gasteiger partial charge in [-0.1, -0.05) is 58.0 Å². The van der Waals surface area contributed by atoms with Crippen molar-refractivity contribution in [1.82, 2.24) is 4.98 Å². The van der Waals surface area contributed by atoms with Gasteiger partial charge in [0.1, 0.15) is 0 Å². The number of hydrogen-bond donors (Lipinski definition) is 0. The molecule has 1 unspecified atom stereocenters. The van der Waals surface area contributed by atoms with Crippen LogP contribution in [0.3, 0.4) is 0 Å². The van der Waals surface area contributed by atoms with Gasteiger partial charge in [-0.05, 0) is 5.56 Å². The zero-order valence-electron chi connectivity index (χ0n) is 10.9. The topological polar surface area (TPSA) is 12.9 Å². The van der Waals surface area contributed by atoms with Gasteiger partial charge < -0.3 is 0 Å². The summed E-state index contributed by atoms with van der Waals surface area (Å²) in [7, 11) is 0. The third-order valence-electron chi connectivity index (χ3n) is 2.89. The highest BCUT2D eigenvalue weighted by atomic mass is 32.1. The Hall–Kier alpha value is -1.15. The summed E-state index contributed by atoms with van der Waals surface area (Å²) in [6.45, 7) is 8.88. The second-order valence-electron chi connectivity index (χ2n) is 5.45. The van der Waals surface area contributed by atoms with E-state index in [1.165, 1.54) is 15.4 Å². The van der Waals surface area contributed by atoms with E-state index in [4.69, 9.17) is 0 Å². The Morgan fingerprint density at radius 1 is 1.12 bits per heavy atom. The molecule has 1 aromatic heterocycles. The van der Waals surface area contributed by atoms with Crippen molar-refractivity contribution in [2.24, 2.45) is 0 Å². The second kappa shape index (κ2) is 4.61. The first-order valence-corrected chi connectivity index (χ1v) is 6.81. The fourth-order valence-electron chi connectivity index (χ4n) is 1.74. The first-order valence-electron chi connectivity index (χ1n) is 5.99. The van der Waals surface area contributed by atoms with Gasteiger partial charge >= 0.3 is 0 Å². The molecule has 0 fully saturated rings. The number of thiazole rings is 1. The van der Waals surface area contributed by atoms with Crippen LogP contribution in [0.5, 0.6) is 0 Å². The first kappa shape index (κ1) is 12.3. The molecule has 0 N–H and O–H groups in total. The van der Waals surface area contributed by atoms with E-state index in [0.29, 0.717) is 5.92 Å². The summed E-state index contributed by atoms with van der Waals surface area (Å²) < 4.78 is 0. The van der Waals surface area contributed by atoms with Crippen LogP contribution in [-0.2, 0) is 5.41 Å². The lowest BCUT2D eigenvalue weighted by Crippen LogP contribution is -2.09. The van der Waals surface area contributed by atoms with Crippen LogP contribution in [0.2, 0.25) is 0 Å². The highest BCUT2D eigenvalue weighted by molar-refractivity contribution is 7.11. The summed E-state index contributed by atoms with van der Waals surface area (Å²) in [4.78, 5) is 5.90. The largest absolute Gasteiger partial charge is 0.249 e. The van der Waals surface area contributed by atoms with Crippen molar-refractivity contribution >= 4 is 11.3 Å². The Balaban J connectivity index is 2.27. The molecule has 0 aliphatic heterocycles. The van der Waals surface area contributed by atoms with Crippen LogP contribution in [-0.4, -0.2) is 4.98 Å². The maximum atomic E-state index is 4.55. The van der Waals surface area contributed by atoms with Crippen LogP contribution in [0.1, 0.15) is 49.1 Å². The molecule has 0 aliphatic rings. The summed E-state index contributed by atoms with van der Waals surface area (Å²) in [6, 6.07) is 10.6. The molecule has 0 saturated carbocycles. The molecule has 1 aromatic carbocycles. The zero-order chi connectivity index (χ0) is 12.5. The molecule has 0 radical (unpaired) electrons. The van der Waals surface area contributed by atoms with Crippen LogP contribution in [0.4, 0.5) is 0 Å². The van der Waals surface area contributed by atoms with Gasteiger partial charge in [0.2, 0.25) is 0 Å². The lowest BCUT2D eigenvalue weighted by Gasteiger charge is -2.14. The predicted molar refractivity (Wildman–Crippen MR) is 74.8 cm³/mol. The number of benzene rings is 1. The minimum atomic E-state index is 0.152. The van der Waals surface area contributed by atoms with Crippen LogP contribution in [0.25, 0.3) is 0 Å². The van der Waals surface area contributed by atoms with Gasteiger partial charge in [-0.3, -0.25) is 0 Å². The highest BCUT2D eigenvalue weighted by Crippen LogP contribution is 2.33. The fourth-order valence-corrected chi connectivity index (χ4v) is 2.79. The van der Waals surface area contributed by atoms with E-state index >= 15 is 0 Å². The molecule has 1 atom stereocenters. The van der Waals surface area contributed by atoms with Gasteiger partial charge in [-0.2, -0.15) is 0 Å². The van der Waals surface area contributed by atoms with E-state index in [1.54, 1.807) is 0 Å². The van der Waals surface area contributed by atoms with E-state index in [1.807, 2.05) is 17.5 Å². The molecule has 2 heteroatoms. The predicted octanol–water partition coefficient (Wildman–Crippen LogP) is 4.59. The van der Waals surface area contributed by atoms with Gasteiger partial charge in [0, 0.05) is 22.4 Å². The number of aromatic nitrogens is 1. The maximum absolute atomic E-state index is 4.55. The highest BCUT2D eigenvalue weighted by Gasteiger charge is 2.20. The van der Waals surface area contributed by atoms with Crippen LogP contribution >= 0.6 is 11.3 Å². The van der Waals surface area contributed by atoms with Crippen molar-refractivity contribution < 1.29 is 0 Å². The Bertz CT molecular complexity index is 479. The average molecular weight is 245 g/mol. The zero-order valence-corrected chi connectivity index (χ0v) is 11.7. The third kappa shape index (κ3) is 2.75. The van der Waals surface area contributed by atoms with Gasteiger partial charge in [0.15, 0.2) is 0 Å². The van der Waals surface area contributed by atoms with Crippen LogP contribution in [0, 0.1) is 0 Å². The van der Waals surface area contributed by atoms with Crippen LogP contribution in [0.15, 0.2) is 36.5 Å². The lowest BCUT2D eigenvalue weighted by atomic mass is 9.98. The molecule has 90 valence electrons. The maximum Gasteiger partial charge on any atom is 0.0981 e. The summed E-state index contributed by atoms with van der Waals surface area (Å²) in [5, 5.41) is 1.22. The second-order valence-corrected chi connectivity index (χ2v) is 6.51. The number of nitrogens with zero attached hydrogens (tertiary/aromatic N) is 1.